The lowest BCUT2D eigenvalue weighted by molar-refractivity contribution is -0.130. The molecule has 0 bridgehead atoms. The summed E-state index contributed by atoms with van der Waals surface area (Å²) in [5, 5.41) is 0. The van der Waals surface area contributed by atoms with E-state index in [0.717, 1.165) is 0 Å². The second kappa shape index (κ2) is 4.37. The average molecular weight is 114 g/mol. The smallest absolute Gasteiger partial charge is 0.293 e. The molecule has 8 heavy (non-hydrogen) atoms. The fourth-order valence-electron chi connectivity index (χ4n) is 0.404. The summed E-state index contributed by atoms with van der Waals surface area (Å²) in [6, 6.07) is 0. The molecule has 0 fully saturated rings. The molecule has 46 valence electrons. The van der Waals surface area contributed by atoms with Gasteiger partial charge in [0.15, 0.2) is 0 Å². The van der Waals surface area contributed by atoms with Gasteiger partial charge in [0.2, 0.25) is 0 Å². The van der Waals surface area contributed by atoms with E-state index < -0.39 is 0 Å². The van der Waals surface area contributed by atoms with Crippen LogP contribution in [0.3, 0.4) is 0 Å². The Hall–Kier alpha value is -0.790. The van der Waals surface area contributed by atoms with Crippen molar-refractivity contribution < 1.29 is 9.53 Å². The summed E-state index contributed by atoms with van der Waals surface area (Å²) in [6.07, 6.45) is 3.56. The molecule has 0 aromatic rings. The van der Waals surface area contributed by atoms with Crippen molar-refractivity contribution in [3.05, 3.63) is 12.2 Å². The van der Waals surface area contributed by atoms with Crippen LogP contribution in [0.4, 0.5) is 0 Å². The van der Waals surface area contributed by atoms with Crippen molar-refractivity contribution >= 4 is 6.47 Å². The lowest BCUT2D eigenvalue weighted by Crippen LogP contribution is -2.00. The molecule has 0 aliphatic carbocycles. The van der Waals surface area contributed by atoms with E-state index in [-0.39, 0.29) is 6.10 Å². The molecule has 0 aromatic heterocycles. The zero-order chi connectivity index (χ0) is 6.41. The summed E-state index contributed by atoms with van der Waals surface area (Å²) in [6.45, 7) is 4.13. The van der Waals surface area contributed by atoms with E-state index in [1.807, 2.05) is 13.0 Å². The van der Waals surface area contributed by atoms with Crippen LogP contribution in [0.1, 0.15) is 13.8 Å². The van der Waals surface area contributed by atoms with Crippen molar-refractivity contribution in [2.45, 2.75) is 20.0 Å². The number of allylic oxidation sites excluding steroid dienone is 1. The van der Waals surface area contributed by atoms with Gasteiger partial charge in [-0.2, -0.15) is 0 Å². The molecule has 0 aromatic carbocycles. The molecule has 0 heterocycles. The van der Waals surface area contributed by atoms with E-state index in [9.17, 15) is 4.79 Å². The van der Waals surface area contributed by atoms with Crippen molar-refractivity contribution in [2.24, 2.45) is 0 Å². The topological polar surface area (TPSA) is 26.3 Å². The summed E-state index contributed by atoms with van der Waals surface area (Å²) in [5.41, 5.74) is 0. The van der Waals surface area contributed by atoms with Gasteiger partial charge >= 0.3 is 0 Å². The van der Waals surface area contributed by atoms with Crippen LogP contribution in [0.2, 0.25) is 0 Å². The predicted octanol–water partition coefficient (Wildman–Crippen LogP) is 1.12. The van der Waals surface area contributed by atoms with Gasteiger partial charge < -0.3 is 4.74 Å². The van der Waals surface area contributed by atoms with Gasteiger partial charge in [0.25, 0.3) is 6.47 Å². The van der Waals surface area contributed by atoms with E-state index >= 15 is 0 Å². The van der Waals surface area contributed by atoms with Gasteiger partial charge in [0, 0.05) is 0 Å². The first-order valence-corrected chi connectivity index (χ1v) is 2.53. The maximum atomic E-state index is 9.63. The van der Waals surface area contributed by atoms with Crippen LogP contribution in [0, 0.1) is 0 Å². The molecule has 2 heteroatoms. The first-order chi connectivity index (χ1) is 3.81. The summed E-state index contributed by atoms with van der Waals surface area (Å²) >= 11 is 0. The fraction of sp³-hybridized carbons (Fsp3) is 0.500. The van der Waals surface area contributed by atoms with Gasteiger partial charge in [-0.3, -0.25) is 4.79 Å². The zero-order valence-corrected chi connectivity index (χ0v) is 5.13. The molecule has 0 saturated heterocycles. The third-order valence-electron chi connectivity index (χ3n) is 0.734. The minimum atomic E-state index is -0.0856. The van der Waals surface area contributed by atoms with Crippen LogP contribution in [-0.4, -0.2) is 12.6 Å². The zero-order valence-electron chi connectivity index (χ0n) is 5.13. The third kappa shape index (κ3) is 3.40. The molecule has 1 atom stereocenters. The van der Waals surface area contributed by atoms with E-state index in [2.05, 4.69) is 4.74 Å². The first-order valence-electron chi connectivity index (χ1n) is 2.53. The minimum absolute atomic E-state index is 0.0856. The van der Waals surface area contributed by atoms with Crippen LogP contribution >= 0.6 is 0 Å². The Morgan fingerprint density at radius 3 is 2.62 bits per heavy atom. The molecule has 0 saturated carbocycles. The molecular weight excluding hydrogens is 104 g/mol. The van der Waals surface area contributed by atoms with Crippen LogP contribution in [0.5, 0.6) is 0 Å². The van der Waals surface area contributed by atoms with Gasteiger partial charge in [-0.05, 0) is 19.9 Å². The predicted molar refractivity (Wildman–Crippen MR) is 31.4 cm³/mol. The lowest BCUT2D eigenvalue weighted by atomic mass is 10.4. The molecule has 0 aliphatic heterocycles. The quantitative estimate of drug-likeness (QED) is 0.406. The maximum Gasteiger partial charge on any atom is 0.293 e. The summed E-state index contributed by atoms with van der Waals surface area (Å²) in [4.78, 5) is 9.63. The van der Waals surface area contributed by atoms with Gasteiger partial charge in [0.1, 0.15) is 6.10 Å². The maximum absolute atomic E-state index is 9.63. The van der Waals surface area contributed by atoms with Gasteiger partial charge in [-0.15, -0.1) is 0 Å². The Bertz CT molecular complexity index is 86.5. The molecule has 2 nitrogen and oxygen atoms in total. The lowest BCUT2D eigenvalue weighted by Gasteiger charge is -1.99. The van der Waals surface area contributed by atoms with E-state index in [1.54, 1.807) is 13.0 Å². The molecule has 0 amide bonds. The highest BCUT2D eigenvalue weighted by Crippen LogP contribution is 1.87. The van der Waals surface area contributed by atoms with Crippen molar-refractivity contribution in [1.82, 2.24) is 0 Å². The number of hydrogen-bond donors (Lipinski definition) is 0. The Labute approximate surface area is 49.1 Å². The summed E-state index contributed by atoms with van der Waals surface area (Å²) < 4.78 is 4.51. The molecule has 0 aliphatic rings. The fourth-order valence-corrected chi connectivity index (χ4v) is 0.404. The van der Waals surface area contributed by atoms with E-state index in [4.69, 9.17) is 0 Å². The summed E-state index contributed by atoms with van der Waals surface area (Å²) in [7, 11) is 0. The van der Waals surface area contributed by atoms with E-state index in [1.165, 1.54) is 0 Å². The normalized spacial score (nSPS) is 13.8. The Kier molecular flexibility index (Phi) is 3.94. The number of carbonyl (C=O) groups is 1. The summed E-state index contributed by atoms with van der Waals surface area (Å²) in [5.74, 6) is 0. The van der Waals surface area contributed by atoms with Crippen molar-refractivity contribution in [1.29, 1.82) is 0 Å². The van der Waals surface area contributed by atoms with Gasteiger partial charge in [0.05, 0.1) is 0 Å². The Morgan fingerprint density at radius 1 is 1.62 bits per heavy atom. The molecule has 0 N–H and O–H groups in total. The standard InChI is InChI=1S/C6H10O2/c1-3-4-6(2)8-5-7/h3-6H,1-2H3. The van der Waals surface area contributed by atoms with Crippen molar-refractivity contribution in [2.75, 3.05) is 0 Å². The van der Waals surface area contributed by atoms with Crippen LogP contribution in [0.25, 0.3) is 0 Å². The first kappa shape index (κ1) is 7.21. The third-order valence-corrected chi connectivity index (χ3v) is 0.734. The van der Waals surface area contributed by atoms with Gasteiger partial charge in [-0.25, -0.2) is 0 Å². The van der Waals surface area contributed by atoms with Crippen molar-refractivity contribution in [3.8, 4) is 0 Å². The molecule has 0 spiro atoms. The molecular formula is C6H10O2. The monoisotopic (exact) mass is 114 g/mol. The highest BCUT2D eigenvalue weighted by Gasteiger charge is 1.89. The van der Waals surface area contributed by atoms with E-state index in [0.29, 0.717) is 6.47 Å². The number of carbonyl (C=O) groups excluding carboxylic acids is 1. The van der Waals surface area contributed by atoms with Crippen LogP contribution in [-0.2, 0) is 9.53 Å². The SMILES string of the molecule is CC=CC(C)OC=O. The largest absolute Gasteiger partial charge is 0.461 e. The second-order valence-electron chi connectivity index (χ2n) is 1.46. The Balaban J connectivity index is 3.31. The second-order valence-corrected chi connectivity index (χ2v) is 1.46. The van der Waals surface area contributed by atoms with Gasteiger partial charge in [-0.1, -0.05) is 6.08 Å². The molecule has 0 radical (unpaired) electrons. The number of ether oxygens (including phenoxy) is 1. The average Bonchev–Trinajstić information content (AvgIpc) is 1.68. The van der Waals surface area contributed by atoms with Crippen molar-refractivity contribution in [3.63, 3.8) is 0 Å². The Morgan fingerprint density at radius 2 is 2.25 bits per heavy atom. The minimum Gasteiger partial charge on any atom is -0.461 e. The van der Waals surface area contributed by atoms with Crippen LogP contribution in [0.15, 0.2) is 12.2 Å². The molecule has 0 rings (SSSR count). The number of hydrogen-bond acceptors (Lipinski definition) is 2. The highest BCUT2D eigenvalue weighted by atomic mass is 16.5. The highest BCUT2D eigenvalue weighted by molar-refractivity contribution is 5.37. The van der Waals surface area contributed by atoms with Crippen LogP contribution < -0.4 is 0 Å². The number of rotatable bonds is 3. The molecule has 1 unspecified atom stereocenters.